The van der Waals surface area contributed by atoms with Crippen molar-refractivity contribution in [3.63, 3.8) is 0 Å². The SMILES string of the molecule is Cc1cncc([C@@H]2CCCN2C(=O)CCn2ccc(C)n2)n1. The van der Waals surface area contributed by atoms with E-state index in [2.05, 4.69) is 15.1 Å². The first-order chi connectivity index (χ1) is 10.6. The van der Waals surface area contributed by atoms with Crippen molar-refractivity contribution < 1.29 is 4.79 Å². The molecule has 1 saturated heterocycles. The van der Waals surface area contributed by atoms with Gasteiger partial charge in [0.2, 0.25) is 5.91 Å². The van der Waals surface area contributed by atoms with Gasteiger partial charge in [0, 0.05) is 31.9 Å². The van der Waals surface area contributed by atoms with E-state index in [1.54, 1.807) is 12.4 Å². The van der Waals surface area contributed by atoms with Crippen LogP contribution in [-0.2, 0) is 11.3 Å². The molecule has 22 heavy (non-hydrogen) atoms. The molecule has 2 aromatic heterocycles. The zero-order chi connectivity index (χ0) is 15.5. The molecule has 6 heteroatoms. The molecule has 0 bridgehead atoms. The lowest BCUT2D eigenvalue weighted by Crippen LogP contribution is -2.31. The predicted octanol–water partition coefficient (Wildman–Crippen LogP) is 2.04. The largest absolute Gasteiger partial charge is 0.334 e. The lowest BCUT2D eigenvalue weighted by atomic mass is 10.1. The summed E-state index contributed by atoms with van der Waals surface area (Å²) in [7, 11) is 0. The molecule has 6 nitrogen and oxygen atoms in total. The number of amides is 1. The molecule has 0 aromatic carbocycles. The lowest BCUT2D eigenvalue weighted by molar-refractivity contribution is -0.132. The van der Waals surface area contributed by atoms with Gasteiger partial charge in [-0.25, -0.2) is 0 Å². The minimum Gasteiger partial charge on any atom is -0.334 e. The van der Waals surface area contributed by atoms with Gasteiger partial charge in [0.05, 0.1) is 29.3 Å². The maximum Gasteiger partial charge on any atom is 0.225 e. The maximum absolute atomic E-state index is 12.5. The quantitative estimate of drug-likeness (QED) is 0.866. The van der Waals surface area contributed by atoms with Gasteiger partial charge in [-0.2, -0.15) is 5.10 Å². The summed E-state index contributed by atoms with van der Waals surface area (Å²) >= 11 is 0. The fraction of sp³-hybridized carbons (Fsp3) is 0.500. The van der Waals surface area contributed by atoms with Crippen molar-refractivity contribution in [3.05, 3.63) is 41.7 Å². The molecule has 0 saturated carbocycles. The van der Waals surface area contributed by atoms with Gasteiger partial charge in [-0.3, -0.25) is 19.4 Å². The minimum atomic E-state index is 0.0688. The van der Waals surface area contributed by atoms with E-state index in [0.29, 0.717) is 13.0 Å². The third kappa shape index (κ3) is 3.16. The first-order valence-electron chi connectivity index (χ1n) is 7.71. The van der Waals surface area contributed by atoms with E-state index in [-0.39, 0.29) is 11.9 Å². The van der Waals surface area contributed by atoms with Crippen LogP contribution in [0.25, 0.3) is 0 Å². The van der Waals surface area contributed by atoms with Crippen LogP contribution < -0.4 is 0 Å². The third-order valence-electron chi connectivity index (χ3n) is 4.02. The van der Waals surface area contributed by atoms with Crippen LogP contribution in [0.5, 0.6) is 0 Å². The fourth-order valence-electron chi connectivity index (χ4n) is 2.96. The van der Waals surface area contributed by atoms with Gasteiger partial charge in [-0.1, -0.05) is 0 Å². The van der Waals surface area contributed by atoms with Crippen molar-refractivity contribution in [3.8, 4) is 0 Å². The summed E-state index contributed by atoms with van der Waals surface area (Å²) in [4.78, 5) is 23.2. The first kappa shape index (κ1) is 14.7. The first-order valence-corrected chi connectivity index (χ1v) is 7.71. The summed E-state index contributed by atoms with van der Waals surface area (Å²) < 4.78 is 1.82. The van der Waals surface area contributed by atoms with Crippen molar-refractivity contribution in [2.24, 2.45) is 0 Å². The summed E-state index contributed by atoms with van der Waals surface area (Å²) in [6.07, 6.45) is 7.88. The molecule has 0 unspecified atom stereocenters. The molecule has 3 rings (SSSR count). The average molecular weight is 299 g/mol. The molecule has 1 aliphatic heterocycles. The van der Waals surface area contributed by atoms with E-state index >= 15 is 0 Å². The number of aryl methyl sites for hydroxylation is 3. The van der Waals surface area contributed by atoms with Crippen LogP contribution in [0.1, 0.15) is 42.4 Å². The highest BCUT2D eigenvalue weighted by Gasteiger charge is 2.30. The van der Waals surface area contributed by atoms with Gasteiger partial charge < -0.3 is 4.90 Å². The summed E-state index contributed by atoms with van der Waals surface area (Å²) in [6.45, 7) is 5.30. The molecule has 0 aliphatic carbocycles. The zero-order valence-corrected chi connectivity index (χ0v) is 13.1. The van der Waals surface area contributed by atoms with Crippen molar-refractivity contribution in [1.82, 2.24) is 24.6 Å². The van der Waals surface area contributed by atoms with E-state index in [1.165, 1.54) is 0 Å². The maximum atomic E-state index is 12.5. The van der Waals surface area contributed by atoms with Gasteiger partial charge >= 0.3 is 0 Å². The summed E-state index contributed by atoms with van der Waals surface area (Å²) in [5.41, 5.74) is 2.77. The van der Waals surface area contributed by atoms with Gasteiger partial charge in [-0.05, 0) is 32.8 Å². The number of carbonyl (C=O) groups is 1. The molecular weight excluding hydrogens is 278 g/mol. The Labute approximate surface area is 130 Å². The number of hydrogen-bond acceptors (Lipinski definition) is 4. The average Bonchev–Trinajstić information content (AvgIpc) is 3.13. The molecule has 3 heterocycles. The summed E-state index contributed by atoms with van der Waals surface area (Å²) in [5, 5.41) is 4.32. The number of rotatable bonds is 4. The second-order valence-corrected chi connectivity index (χ2v) is 5.80. The van der Waals surface area contributed by atoms with Crippen LogP contribution in [-0.4, -0.2) is 37.1 Å². The standard InChI is InChI=1S/C16H21N5O/c1-12-5-8-20(19-12)9-6-16(22)21-7-3-4-15(21)14-11-17-10-13(2)18-14/h5,8,10-11,15H,3-4,6-7,9H2,1-2H3/t15-/m0/s1. The normalized spacial score (nSPS) is 17.9. The van der Waals surface area contributed by atoms with E-state index in [9.17, 15) is 4.79 Å². The van der Waals surface area contributed by atoms with Crippen LogP contribution in [0.4, 0.5) is 0 Å². The number of nitrogens with zero attached hydrogens (tertiary/aromatic N) is 5. The Hall–Kier alpha value is -2.24. The number of likely N-dealkylation sites (tertiary alicyclic amines) is 1. The van der Waals surface area contributed by atoms with E-state index in [1.807, 2.05) is 35.7 Å². The molecule has 0 N–H and O–H groups in total. The fourth-order valence-corrected chi connectivity index (χ4v) is 2.96. The summed E-state index contributed by atoms with van der Waals surface area (Å²) in [5.74, 6) is 0.166. The van der Waals surface area contributed by atoms with Crippen molar-refractivity contribution in [2.45, 2.75) is 45.7 Å². The zero-order valence-electron chi connectivity index (χ0n) is 13.1. The molecule has 1 fully saturated rings. The number of carbonyl (C=O) groups excluding carboxylic acids is 1. The topological polar surface area (TPSA) is 63.9 Å². The van der Waals surface area contributed by atoms with Crippen LogP contribution in [0.3, 0.4) is 0 Å². The summed E-state index contributed by atoms with van der Waals surface area (Å²) in [6, 6.07) is 2.02. The molecule has 1 atom stereocenters. The number of hydrogen-bond donors (Lipinski definition) is 0. The second kappa shape index (κ2) is 6.25. The Bertz CT molecular complexity index is 666. The highest BCUT2D eigenvalue weighted by Crippen LogP contribution is 2.31. The monoisotopic (exact) mass is 299 g/mol. The van der Waals surface area contributed by atoms with Crippen LogP contribution in [0, 0.1) is 13.8 Å². The van der Waals surface area contributed by atoms with Crippen LogP contribution in [0.15, 0.2) is 24.7 Å². The Morgan fingerprint density at radius 1 is 1.32 bits per heavy atom. The molecule has 1 amide bonds. The minimum absolute atomic E-state index is 0.0688. The Balaban J connectivity index is 1.66. The third-order valence-corrected chi connectivity index (χ3v) is 4.02. The van der Waals surface area contributed by atoms with E-state index in [4.69, 9.17) is 0 Å². The van der Waals surface area contributed by atoms with Crippen molar-refractivity contribution >= 4 is 5.91 Å². The van der Waals surface area contributed by atoms with Crippen molar-refractivity contribution in [1.29, 1.82) is 0 Å². The van der Waals surface area contributed by atoms with Gasteiger partial charge in [0.1, 0.15) is 0 Å². The smallest absolute Gasteiger partial charge is 0.225 e. The van der Waals surface area contributed by atoms with Gasteiger partial charge in [0.25, 0.3) is 0 Å². The molecule has 2 aromatic rings. The second-order valence-electron chi connectivity index (χ2n) is 5.80. The Morgan fingerprint density at radius 2 is 2.18 bits per heavy atom. The van der Waals surface area contributed by atoms with E-state index in [0.717, 1.165) is 36.5 Å². The molecule has 116 valence electrons. The Morgan fingerprint density at radius 3 is 2.91 bits per heavy atom. The molecule has 0 radical (unpaired) electrons. The lowest BCUT2D eigenvalue weighted by Gasteiger charge is -2.24. The number of aromatic nitrogens is 4. The highest BCUT2D eigenvalue weighted by atomic mass is 16.2. The van der Waals surface area contributed by atoms with E-state index < -0.39 is 0 Å². The molecule has 0 spiro atoms. The molecular formula is C16H21N5O. The van der Waals surface area contributed by atoms with Gasteiger partial charge in [-0.15, -0.1) is 0 Å². The highest BCUT2D eigenvalue weighted by molar-refractivity contribution is 5.76. The van der Waals surface area contributed by atoms with Crippen LogP contribution in [0.2, 0.25) is 0 Å². The van der Waals surface area contributed by atoms with Crippen molar-refractivity contribution in [2.75, 3.05) is 6.54 Å². The molecule has 1 aliphatic rings. The van der Waals surface area contributed by atoms with Gasteiger partial charge in [0.15, 0.2) is 0 Å². The Kier molecular flexibility index (Phi) is 4.18. The predicted molar refractivity (Wildman–Crippen MR) is 82.0 cm³/mol. The van der Waals surface area contributed by atoms with Crippen LogP contribution >= 0.6 is 0 Å².